The van der Waals surface area contributed by atoms with E-state index in [0.717, 1.165) is 34.7 Å². The van der Waals surface area contributed by atoms with Gasteiger partial charge in [0.1, 0.15) is 5.82 Å². The lowest BCUT2D eigenvalue weighted by Crippen LogP contribution is -2.09. The van der Waals surface area contributed by atoms with Gasteiger partial charge in [-0.2, -0.15) is 0 Å². The Hall–Kier alpha value is -1.20. The summed E-state index contributed by atoms with van der Waals surface area (Å²) in [5.41, 5.74) is 6.72. The van der Waals surface area contributed by atoms with Crippen LogP contribution >= 0.6 is 15.9 Å². The van der Waals surface area contributed by atoms with Crippen LogP contribution in [0.4, 0.5) is 0 Å². The van der Waals surface area contributed by atoms with Crippen LogP contribution < -0.4 is 5.73 Å². The topological polar surface area (TPSA) is 56.7 Å². The van der Waals surface area contributed by atoms with Crippen LogP contribution in [0.25, 0.3) is 11.4 Å². The van der Waals surface area contributed by atoms with E-state index in [0.29, 0.717) is 6.54 Å². The van der Waals surface area contributed by atoms with Gasteiger partial charge in [-0.3, -0.25) is 0 Å². The molecule has 90 valence electrons. The molecule has 0 amide bonds. The lowest BCUT2D eigenvalue weighted by Gasteiger charge is -2.09. The Morgan fingerprint density at radius 2 is 2.06 bits per heavy atom. The van der Waals surface area contributed by atoms with Gasteiger partial charge in [0, 0.05) is 16.6 Å². The van der Waals surface area contributed by atoms with Gasteiger partial charge in [-0.15, -0.1) is 10.2 Å². The van der Waals surface area contributed by atoms with Gasteiger partial charge in [0.05, 0.1) is 6.54 Å². The summed E-state index contributed by atoms with van der Waals surface area (Å²) in [7, 11) is 0. The molecule has 2 N–H and O–H groups in total. The third kappa shape index (κ3) is 2.40. The summed E-state index contributed by atoms with van der Waals surface area (Å²) >= 11 is 3.54. The molecule has 17 heavy (non-hydrogen) atoms. The molecule has 0 bridgehead atoms. The van der Waals surface area contributed by atoms with Crippen LogP contribution in [-0.2, 0) is 13.1 Å². The smallest absolute Gasteiger partial charge is 0.165 e. The van der Waals surface area contributed by atoms with Crippen molar-refractivity contribution >= 4 is 15.9 Å². The highest BCUT2D eigenvalue weighted by molar-refractivity contribution is 9.10. The highest BCUT2D eigenvalue weighted by atomic mass is 79.9. The first-order valence-corrected chi connectivity index (χ1v) is 6.44. The number of rotatable bonds is 4. The number of aromatic nitrogens is 3. The molecule has 5 heteroatoms. The number of nitrogens with two attached hydrogens (primary N) is 1. The van der Waals surface area contributed by atoms with Gasteiger partial charge in [0.2, 0.25) is 0 Å². The molecule has 0 fully saturated rings. The molecule has 0 aliphatic heterocycles. The van der Waals surface area contributed by atoms with Gasteiger partial charge < -0.3 is 10.3 Å². The normalized spacial score (nSPS) is 10.8. The van der Waals surface area contributed by atoms with Crippen molar-refractivity contribution in [1.29, 1.82) is 0 Å². The van der Waals surface area contributed by atoms with E-state index in [4.69, 9.17) is 5.73 Å². The first-order chi connectivity index (χ1) is 8.27. The van der Waals surface area contributed by atoms with E-state index >= 15 is 0 Å². The van der Waals surface area contributed by atoms with Crippen molar-refractivity contribution in [2.24, 2.45) is 5.73 Å². The predicted molar refractivity (Wildman–Crippen MR) is 71.3 cm³/mol. The summed E-state index contributed by atoms with van der Waals surface area (Å²) in [6, 6.07) is 8.01. The summed E-state index contributed by atoms with van der Waals surface area (Å²) in [6.45, 7) is 3.43. The zero-order valence-electron chi connectivity index (χ0n) is 9.73. The van der Waals surface area contributed by atoms with Crippen LogP contribution in [0.3, 0.4) is 0 Å². The zero-order valence-corrected chi connectivity index (χ0v) is 11.3. The van der Waals surface area contributed by atoms with E-state index in [9.17, 15) is 0 Å². The lowest BCUT2D eigenvalue weighted by atomic mass is 10.2. The standard InChI is InChI=1S/C12H15BrN4/c1-2-7-17-11(8-14)15-16-12(17)9-5-3-4-6-10(9)13/h3-6H,2,7-8,14H2,1H3. The molecule has 0 aliphatic rings. The predicted octanol–water partition coefficient (Wildman–Crippen LogP) is 2.58. The average molecular weight is 295 g/mol. The van der Waals surface area contributed by atoms with Crippen molar-refractivity contribution in [1.82, 2.24) is 14.8 Å². The molecule has 0 aliphatic carbocycles. The van der Waals surface area contributed by atoms with Crippen LogP contribution in [0.2, 0.25) is 0 Å². The highest BCUT2D eigenvalue weighted by Crippen LogP contribution is 2.27. The van der Waals surface area contributed by atoms with Gasteiger partial charge >= 0.3 is 0 Å². The molecule has 1 aromatic heterocycles. The highest BCUT2D eigenvalue weighted by Gasteiger charge is 2.13. The van der Waals surface area contributed by atoms with Gasteiger partial charge in [-0.05, 0) is 12.5 Å². The molecule has 0 saturated heterocycles. The summed E-state index contributed by atoms with van der Waals surface area (Å²) in [5, 5.41) is 8.38. The van der Waals surface area contributed by atoms with E-state index in [1.165, 1.54) is 0 Å². The van der Waals surface area contributed by atoms with Gasteiger partial charge in [0.25, 0.3) is 0 Å². The Morgan fingerprint density at radius 3 is 2.71 bits per heavy atom. The largest absolute Gasteiger partial charge is 0.324 e. The van der Waals surface area contributed by atoms with Gasteiger partial charge in [-0.1, -0.05) is 41.1 Å². The summed E-state index contributed by atoms with van der Waals surface area (Å²) in [5.74, 6) is 1.71. The SMILES string of the molecule is CCCn1c(CN)nnc1-c1ccccc1Br. The average Bonchev–Trinajstić information content (AvgIpc) is 2.73. The van der Waals surface area contributed by atoms with Crippen LogP contribution in [0, 0.1) is 0 Å². The molecule has 2 aromatic rings. The summed E-state index contributed by atoms with van der Waals surface area (Å²) in [4.78, 5) is 0. The molecular formula is C12H15BrN4. The number of hydrogen-bond acceptors (Lipinski definition) is 3. The van der Waals surface area contributed by atoms with Crippen molar-refractivity contribution in [3.63, 3.8) is 0 Å². The second kappa shape index (κ2) is 5.42. The summed E-state index contributed by atoms with van der Waals surface area (Å²) < 4.78 is 3.11. The van der Waals surface area contributed by atoms with Crippen LogP contribution in [0.15, 0.2) is 28.7 Å². The lowest BCUT2D eigenvalue weighted by molar-refractivity contribution is 0.644. The number of hydrogen-bond donors (Lipinski definition) is 1. The maximum Gasteiger partial charge on any atom is 0.165 e. The fraction of sp³-hybridized carbons (Fsp3) is 0.333. The molecule has 1 heterocycles. The molecule has 2 rings (SSSR count). The maximum atomic E-state index is 5.68. The van der Waals surface area contributed by atoms with E-state index in [1.54, 1.807) is 0 Å². The maximum absolute atomic E-state index is 5.68. The van der Waals surface area contributed by atoms with Gasteiger partial charge in [-0.25, -0.2) is 0 Å². The van der Waals surface area contributed by atoms with Crippen molar-refractivity contribution in [2.45, 2.75) is 26.4 Å². The zero-order chi connectivity index (χ0) is 12.3. The summed E-state index contributed by atoms with van der Waals surface area (Å²) in [6.07, 6.45) is 1.03. The van der Waals surface area contributed by atoms with Crippen LogP contribution in [0.5, 0.6) is 0 Å². The molecule has 1 aromatic carbocycles. The van der Waals surface area contributed by atoms with E-state index < -0.39 is 0 Å². The first-order valence-electron chi connectivity index (χ1n) is 5.65. The minimum absolute atomic E-state index is 0.414. The minimum atomic E-state index is 0.414. The fourth-order valence-corrected chi connectivity index (χ4v) is 2.25. The van der Waals surface area contributed by atoms with Gasteiger partial charge in [0.15, 0.2) is 5.82 Å². The first kappa shape index (κ1) is 12.3. The van der Waals surface area contributed by atoms with Crippen molar-refractivity contribution < 1.29 is 0 Å². The molecule has 0 unspecified atom stereocenters. The molecule has 0 spiro atoms. The van der Waals surface area contributed by atoms with Crippen molar-refractivity contribution in [3.8, 4) is 11.4 Å². The Morgan fingerprint density at radius 1 is 1.29 bits per heavy atom. The number of nitrogens with zero attached hydrogens (tertiary/aromatic N) is 3. The fourth-order valence-electron chi connectivity index (χ4n) is 1.79. The Balaban J connectivity index is 2.52. The molecule has 4 nitrogen and oxygen atoms in total. The minimum Gasteiger partial charge on any atom is -0.324 e. The van der Waals surface area contributed by atoms with E-state index in [1.807, 2.05) is 24.3 Å². The third-order valence-corrected chi connectivity index (χ3v) is 3.26. The molecule has 0 saturated carbocycles. The van der Waals surface area contributed by atoms with Crippen LogP contribution in [-0.4, -0.2) is 14.8 Å². The number of benzene rings is 1. The van der Waals surface area contributed by atoms with E-state index in [2.05, 4.69) is 37.6 Å². The molecule has 0 atom stereocenters. The van der Waals surface area contributed by atoms with Crippen molar-refractivity contribution in [3.05, 3.63) is 34.6 Å². The monoisotopic (exact) mass is 294 g/mol. The molecular weight excluding hydrogens is 280 g/mol. The Bertz CT molecular complexity index is 507. The number of halogens is 1. The quantitative estimate of drug-likeness (QED) is 0.943. The molecule has 0 radical (unpaired) electrons. The second-order valence-electron chi connectivity index (χ2n) is 3.78. The Kier molecular flexibility index (Phi) is 3.91. The van der Waals surface area contributed by atoms with E-state index in [-0.39, 0.29) is 0 Å². The third-order valence-electron chi connectivity index (χ3n) is 2.57. The second-order valence-corrected chi connectivity index (χ2v) is 4.63. The van der Waals surface area contributed by atoms with Crippen molar-refractivity contribution in [2.75, 3.05) is 0 Å². The van der Waals surface area contributed by atoms with Crippen LogP contribution in [0.1, 0.15) is 19.2 Å². The Labute approximate surface area is 109 Å².